The lowest BCUT2D eigenvalue weighted by atomic mass is 9.83. The van der Waals surface area contributed by atoms with Crippen molar-refractivity contribution in [2.75, 3.05) is 67.5 Å². The number of likely N-dealkylation sites (tertiary alicyclic amines) is 1. The zero-order valence-electron chi connectivity index (χ0n) is 26.3. The van der Waals surface area contributed by atoms with Gasteiger partial charge in [0.2, 0.25) is 25.2 Å². The summed E-state index contributed by atoms with van der Waals surface area (Å²) in [5.74, 6) is 0.994. The number of fused-ring (bicyclic) bond motifs is 2. The van der Waals surface area contributed by atoms with Crippen molar-refractivity contribution in [1.82, 2.24) is 14.7 Å². The van der Waals surface area contributed by atoms with Gasteiger partial charge in [0.1, 0.15) is 0 Å². The molecule has 0 spiro atoms. The Labute approximate surface area is 259 Å². The van der Waals surface area contributed by atoms with E-state index in [1.54, 1.807) is 7.11 Å². The maximum absolute atomic E-state index is 13.9. The normalized spacial score (nSPS) is 20.3. The molecule has 2 aromatic carbocycles. The number of aliphatic carboxylic acids is 1. The lowest BCUT2D eigenvalue weighted by Crippen LogP contribution is -2.45. The SMILES string of the molecule is CCCCN(CCCN(C)C)C(=O)CN1C[C@H](c2cc(OC)c3c(c2)OCO3)[C@@H](C(=O)O)[C@@H]1CCc1cccc2c1OCO2. The van der Waals surface area contributed by atoms with E-state index in [1.165, 1.54) is 0 Å². The number of para-hydroxylation sites is 1. The summed E-state index contributed by atoms with van der Waals surface area (Å²) in [4.78, 5) is 33.0. The molecule has 3 atom stereocenters. The van der Waals surface area contributed by atoms with Crippen LogP contribution >= 0.6 is 0 Å². The number of carboxylic acids is 1. The summed E-state index contributed by atoms with van der Waals surface area (Å²) in [5.41, 5.74) is 1.77. The van der Waals surface area contributed by atoms with Gasteiger partial charge in [0.15, 0.2) is 23.0 Å². The number of ether oxygens (including phenoxy) is 5. The molecule has 0 saturated carbocycles. The molecule has 1 saturated heterocycles. The van der Waals surface area contributed by atoms with E-state index in [2.05, 4.69) is 16.7 Å². The number of hydrogen-bond donors (Lipinski definition) is 1. The second-order valence-electron chi connectivity index (χ2n) is 12.0. The first-order chi connectivity index (χ1) is 21.3. The van der Waals surface area contributed by atoms with Gasteiger partial charge in [0.25, 0.3) is 0 Å². The number of amides is 1. The van der Waals surface area contributed by atoms with Crippen LogP contribution in [0, 0.1) is 5.92 Å². The minimum Gasteiger partial charge on any atom is -0.493 e. The summed E-state index contributed by atoms with van der Waals surface area (Å²) in [7, 11) is 5.62. The van der Waals surface area contributed by atoms with Gasteiger partial charge < -0.3 is 38.6 Å². The predicted octanol–water partition coefficient (Wildman–Crippen LogP) is 3.83. The van der Waals surface area contributed by atoms with Crippen molar-refractivity contribution in [2.45, 2.75) is 51.0 Å². The monoisotopic (exact) mass is 611 g/mol. The Balaban J connectivity index is 1.43. The molecule has 0 unspecified atom stereocenters. The fourth-order valence-electron chi connectivity index (χ4n) is 6.61. The average molecular weight is 612 g/mol. The molecule has 3 aliphatic rings. The number of aryl methyl sites for hydroxylation is 1. The first kappa shape index (κ1) is 31.7. The zero-order valence-corrected chi connectivity index (χ0v) is 26.3. The topological polar surface area (TPSA) is 110 Å². The second-order valence-corrected chi connectivity index (χ2v) is 12.0. The van der Waals surface area contributed by atoms with Crippen LogP contribution in [-0.2, 0) is 16.0 Å². The maximum atomic E-state index is 13.9. The van der Waals surface area contributed by atoms with Crippen molar-refractivity contribution in [3.05, 3.63) is 41.5 Å². The molecule has 3 aliphatic heterocycles. The fourth-order valence-corrected chi connectivity index (χ4v) is 6.61. The van der Waals surface area contributed by atoms with Gasteiger partial charge in [0, 0.05) is 31.6 Å². The van der Waals surface area contributed by atoms with E-state index in [9.17, 15) is 14.7 Å². The molecule has 2 aromatic rings. The highest BCUT2D eigenvalue weighted by Crippen LogP contribution is 2.47. The van der Waals surface area contributed by atoms with E-state index in [-0.39, 0.29) is 38.0 Å². The van der Waals surface area contributed by atoms with Gasteiger partial charge in [-0.05, 0) is 75.6 Å². The van der Waals surface area contributed by atoms with Crippen molar-refractivity contribution in [2.24, 2.45) is 5.92 Å². The van der Waals surface area contributed by atoms with Crippen LogP contribution in [0.25, 0.3) is 0 Å². The number of methoxy groups -OCH3 is 1. The number of carboxylic acid groups (broad SMARTS) is 1. The summed E-state index contributed by atoms with van der Waals surface area (Å²) in [6.45, 7) is 5.21. The highest BCUT2D eigenvalue weighted by Gasteiger charge is 2.47. The number of carbonyl (C=O) groups is 2. The van der Waals surface area contributed by atoms with Gasteiger partial charge >= 0.3 is 5.97 Å². The minimum atomic E-state index is -0.890. The smallest absolute Gasteiger partial charge is 0.308 e. The first-order valence-electron chi connectivity index (χ1n) is 15.5. The molecule has 44 heavy (non-hydrogen) atoms. The Hall–Kier alpha value is -3.70. The molecule has 0 radical (unpaired) electrons. The van der Waals surface area contributed by atoms with Crippen LogP contribution in [-0.4, -0.2) is 105 Å². The molecule has 3 heterocycles. The van der Waals surface area contributed by atoms with Crippen LogP contribution in [0.3, 0.4) is 0 Å². The van der Waals surface area contributed by atoms with Crippen LogP contribution in [0.2, 0.25) is 0 Å². The fraction of sp³-hybridized carbons (Fsp3) is 0.576. The van der Waals surface area contributed by atoms with E-state index in [0.717, 1.165) is 36.9 Å². The Morgan fingerprint density at radius 2 is 1.75 bits per heavy atom. The largest absolute Gasteiger partial charge is 0.493 e. The second kappa shape index (κ2) is 14.4. The lowest BCUT2D eigenvalue weighted by molar-refractivity contribution is -0.143. The van der Waals surface area contributed by atoms with Crippen molar-refractivity contribution in [3.63, 3.8) is 0 Å². The number of benzene rings is 2. The van der Waals surface area contributed by atoms with Gasteiger partial charge in [-0.3, -0.25) is 14.5 Å². The number of carbonyl (C=O) groups excluding carboxylic acids is 1. The molecule has 0 bridgehead atoms. The Morgan fingerprint density at radius 3 is 2.48 bits per heavy atom. The van der Waals surface area contributed by atoms with Crippen LogP contribution < -0.4 is 23.7 Å². The summed E-state index contributed by atoms with van der Waals surface area (Å²) in [6.07, 6.45) is 3.93. The number of rotatable bonds is 15. The summed E-state index contributed by atoms with van der Waals surface area (Å²) < 4.78 is 28.2. The third-order valence-electron chi connectivity index (χ3n) is 8.84. The molecule has 11 nitrogen and oxygen atoms in total. The lowest BCUT2D eigenvalue weighted by Gasteiger charge is -2.30. The molecule has 0 aromatic heterocycles. The van der Waals surface area contributed by atoms with Crippen LogP contribution in [0.4, 0.5) is 0 Å². The van der Waals surface area contributed by atoms with Gasteiger partial charge in [-0.25, -0.2) is 0 Å². The van der Waals surface area contributed by atoms with Crippen LogP contribution in [0.15, 0.2) is 30.3 Å². The molecule has 11 heteroatoms. The van der Waals surface area contributed by atoms with E-state index in [4.69, 9.17) is 23.7 Å². The first-order valence-corrected chi connectivity index (χ1v) is 15.5. The summed E-state index contributed by atoms with van der Waals surface area (Å²) in [5, 5.41) is 10.7. The third-order valence-corrected chi connectivity index (χ3v) is 8.84. The molecular weight excluding hydrogens is 566 g/mol. The molecule has 240 valence electrons. The average Bonchev–Trinajstić information content (AvgIpc) is 3.75. The molecule has 5 rings (SSSR count). The predicted molar refractivity (Wildman–Crippen MR) is 164 cm³/mol. The maximum Gasteiger partial charge on any atom is 0.308 e. The summed E-state index contributed by atoms with van der Waals surface area (Å²) in [6, 6.07) is 9.11. The molecule has 1 amide bonds. The highest BCUT2D eigenvalue weighted by atomic mass is 16.7. The molecular formula is C33H45N3O8. The van der Waals surface area contributed by atoms with Crippen molar-refractivity contribution < 1.29 is 38.4 Å². The van der Waals surface area contributed by atoms with Crippen LogP contribution in [0.1, 0.15) is 49.7 Å². The van der Waals surface area contributed by atoms with Gasteiger partial charge in [-0.2, -0.15) is 0 Å². The highest BCUT2D eigenvalue weighted by molar-refractivity contribution is 5.79. The summed E-state index contributed by atoms with van der Waals surface area (Å²) >= 11 is 0. The third kappa shape index (κ3) is 6.99. The van der Waals surface area contributed by atoms with E-state index in [0.29, 0.717) is 61.2 Å². The van der Waals surface area contributed by atoms with E-state index >= 15 is 0 Å². The standard InChI is InChI=1S/C33H45N3O8/c1-5-6-14-35(15-8-13-34(2)3)29(37)19-36-18-24(23-16-27(40-4)32-28(17-23)42-21-44-32)30(33(38)39)25(36)12-11-22-9-7-10-26-31(22)43-20-41-26/h7,9-10,16-17,24-25,30H,5-6,8,11-15,18-21H2,1-4H3,(H,38,39)/t24-,25+,30-/m1/s1. The van der Waals surface area contributed by atoms with Gasteiger partial charge in [0.05, 0.1) is 19.6 Å². The molecule has 0 aliphatic carbocycles. The Kier molecular flexibility index (Phi) is 10.4. The minimum absolute atomic E-state index is 0.0348. The van der Waals surface area contributed by atoms with Crippen molar-refractivity contribution >= 4 is 11.9 Å². The van der Waals surface area contributed by atoms with E-state index in [1.807, 2.05) is 49.3 Å². The van der Waals surface area contributed by atoms with Gasteiger partial charge in [-0.1, -0.05) is 25.5 Å². The Bertz CT molecular complexity index is 1320. The van der Waals surface area contributed by atoms with Crippen LogP contribution in [0.5, 0.6) is 28.7 Å². The number of nitrogens with zero attached hydrogens (tertiary/aromatic N) is 3. The van der Waals surface area contributed by atoms with E-state index < -0.39 is 11.9 Å². The quantitative estimate of drug-likeness (QED) is 0.319. The van der Waals surface area contributed by atoms with Crippen molar-refractivity contribution in [3.8, 4) is 28.7 Å². The molecule has 1 N–H and O–H groups in total. The Morgan fingerprint density at radius 1 is 1.00 bits per heavy atom. The van der Waals surface area contributed by atoms with Crippen molar-refractivity contribution in [1.29, 1.82) is 0 Å². The number of unbranched alkanes of at least 4 members (excludes halogenated alkanes) is 1. The van der Waals surface area contributed by atoms with Gasteiger partial charge in [-0.15, -0.1) is 0 Å². The molecule has 1 fully saturated rings. The number of hydrogen-bond acceptors (Lipinski definition) is 9. The zero-order chi connectivity index (χ0) is 31.2.